The lowest BCUT2D eigenvalue weighted by molar-refractivity contribution is -0.686. The topological polar surface area (TPSA) is 90.1 Å². The molecule has 24 heavy (non-hydrogen) atoms. The first kappa shape index (κ1) is 17.5. The smallest absolute Gasteiger partial charge is 0.287 e. The highest BCUT2D eigenvalue weighted by Crippen LogP contribution is 2.15. The van der Waals surface area contributed by atoms with Crippen LogP contribution in [0.5, 0.6) is 0 Å². The van der Waals surface area contributed by atoms with Gasteiger partial charge in [-0.05, 0) is 17.1 Å². The third kappa shape index (κ3) is 3.90. The molecule has 3 aromatic rings. The van der Waals surface area contributed by atoms with Gasteiger partial charge < -0.3 is 21.4 Å². The molecule has 1 aromatic carbocycles. The minimum Gasteiger partial charge on any atom is -1.00 e. The Morgan fingerprint density at radius 2 is 2.08 bits per heavy atom. The van der Waals surface area contributed by atoms with Crippen LogP contribution in [0.3, 0.4) is 0 Å². The van der Waals surface area contributed by atoms with E-state index in [0.29, 0.717) is 17.0 Å². The van der Waals surface area contributed by atoms with Gasteiger partial charge in [0.25, 0.3) is 12.0 Å². The summed E-state index contributed by atoms with van der Waals surface area (Å²) in [4.78, 5) is 26.7. The number of Topliss-reactive ketones (excluding diaryl/α,β-unsaturated/α-hetero) is 1. The average Bonchev–Trinajstić information content (AvgIpc) is 3.10. The van der Waals surface area contributed by atoms with Crippen molar-refractivity contribution in [3.63, 3.8) is 0 Å². The lowest BCUT2D eigenvalue weighted by Crippen LogP contribution is -3.00. The van der Waals surface area contributed by atoms with E-state index in [2.05, 4.69) is 4.98 Å². The number of nitro groups is 1. The van der Waals surface area contributed by atoms with Crippen molar-refractivity contribution in [2.75, 3.05) is 0 Å². The van der Waals surface area contributed by atoms with E-state index in [9.17, 15) is 14.9 Å². The molecule has 0 saturated heterocycles. The maximum Gasteiger partial charge on any atom is 0.287 e. The van der Waals surface area contributed by atoms with Gasteiger partial charge in [-0.1, -0.05) is 12.1 Å². The van der Waals surface area contributed by atoms with Crippen molar-refractivity contribution in [3.8, 4) is 11.5 Å². The molecule has 0 spiro atoms. The second-order valence-electron chi connectivity index (χ2n) is 4.83. The third-order valence-corrected chi connectivity index (χ3v) is 3.25. The highest BCUT2D eigenvalue weighted by Gasteiger charge is 2.15. The molecule has 122 valence electrons. The normalized spacial score (nSPS) is 10.0. The van der Waals surface area contributed by atoms with Crippen LogP contribution in [-0.4, -0.2) is 15.7 Å². The second-order valence-corrected chi connectivity index (χ2v) is 4.83. The fourth-order valence-electron chi connectivity index (χ4n) is 2.10. The SMILES string of the molecule is O=C(C[n+]1ccc(-c2ccco2)nc1)c1cccc([N+](=O)[O-])c1.[Br-]. The minimum atomic E-state index is -0.524. The Kier molecular flexibility index (Phi) is 5.54. The first-order valence-electron chi connectivity index (χ1n) is 6.80. The summed E-state index contributed by atoms with van der Waals surface area (Å²) < 4.78 is 6.85. The molecule has 8 heteroatoms. The zero-order valence-corrected chi connectivity index (χ0v) is 13.9. The third-order valence-electron chi connectivity index (χ3n) is 3.25. The van der Waals surface area contributed by atoms with Crippen molar-refractivity contribution in [3.05, 3.63) is 76.9 Å². The minimum absolute atomic E-state index is 0. The Bertz CT molecular complexity index is 848. The number of hydrogen-bond acceptors (Lipinski definition) is 5. The predicted octanol–water partition coefficient (Wildman–Crippen LogP) is -0.576. The van der Waals surface area contributed by atoms with E-state index in [-0.39, 0.29) is 35.0 Å². The number of nitro benzene ring substituents is 1. The zero-order valence-electron chi connectivity index (χ0n) is 12.3. The molecule has 0 unspecified atom stereocenters. The Hall–Kier alpha value is -2.87. The molecule has 0 saturated carbocycles. The molecular formula is C16H12BrN3O4. The molecular weight excluding hydrogens is 378 g/mol. The number of carbonyl (C=O) groups is 1. The molecule has 0 radical (unpaired) electrons. The van der Waals surface area contributed by atoms with Crippen LogP contribution in [0, 0.1) is 10.1 Å². The van der Waals surface area contributed by atoms with Gasteiger partial charge in [0.1, 0.15) is 0 Å². The van der Waals surface area contributed by atoms with Crippen LogP contribution in [0.2, 0.25) is 0 Å². The maximum atomic E-state index is 12.2. The van der Waals surface area contributed by atoms with E-state index in [0.717, 1.165) is 0 Å². The highest BCUT2D eigenvalue weighted by atomic mass is 79.9. The van der Waals surface area contributed by atoms with Crippen molar-refractivity contribution >= 4 is 11.5 Å². The highest BCUT2D eigenvalue weighted by molar-refractivity contribution is 5.95. The summed E-state index contributed by atoms with van der Waals surface area (Å²) >= 11 is 0. The van der Waals surface area contributed by atoms with Crippen LogP contribution in [0.4, 0.5) is 5.69 Å². The summed E-state index contributed by atoms with van der Waals surface area (Å²) in [5, 5.41) is 10.8. The van der Waals surface area contributed by atoms with Crippen molar-refractivity contribution in [1.82, 2.24) is 4.98 Å². The fraction of sp³-hybridized carbons (Fsp3) is 0.0625. The van der Waals surface area contributed by atoms with Crippen LogP contribution >= 0.6 is 0 Å². The number of benzene rings is 1. The Labute approximate surface area is 147 Å². The molecule has 0 bridgehead atoms. The van der Waals surface area contributed by atoms with E-state index in [1.807, 2.05) is 0 Å². The molecule has 0 aliphatic heterocycles. The lowest BCUT2D eigenvalue weighted by Gasteiger charge is -2.00. The molecule has 3 rings (SSSR count). The summed E-state index contributed by atoms with van der Waals surface area (Å²) in [6.07, 6.45) is 4.79. The van der Waals surface area contributed by atoms with Crippen molar-refractivity contribution in [1.29, 1.82) is 0 Å². The lowest BCUT2D eigenvalue weighted by atomic mass is 10.1. The van der Waals surface area contributed by atoms with Crippen LogP contribution < -0.4 is 21.5 Å². The number of furan rings is 1. The van der Waals surface area contributed by atoms with E-state index in [1.165, 1.54) is 24.5 Å². The quantitative estimate of drug-likeness (QED) is 0.252. The number of non-ortho nitro benzene ring substituents is 1. The monoisotopic (exact) mass is 389 g/mol. The van der Waals surface area contributed by atoms with Gasteiger partial charge in [-0.3, -0.25) is 14.9 Å². The van der Waals surface area contributed by atoms with Gasteiger partial charge in [0, 0.05) is 23.8 Å². The Balaban J connectivity index is 0.00000208. The van der Waals surface area contributed by atoms with Crippen LogP contribution in [0.1, 0.15) is 10.4 Å². The average molecular weight is 390 g/mol. The van der Waals surface area contributed by atoms with Crippen LogP contribution in [0.25, 0.3) is 11.5 Å². The molecule has 0 atom stereocenters. The number of ketones is 1. The van der Waals surface area contributed by atoms with Crippen molar-refractivity contribution < 1.29 is 35.7 Å². The molecule has 0 aliphatic rings. The van der Waals surface area contributed by atoms with Crippen molar-refractivity contribution in [2.45, 2.75) is 6.54 Å². The number of halogens is 1. The summed E-state index contributed by atoms with van der Waals surface area (Å²) in [6.45, 7) is 0.0482. The van der Waals surface area contributed by atoms with Gasteiger partial charge in [-0.2, -0.15) is 0 Å². The molecule has 0 fully saturated rings. The maximum absolute atomic E-state index is 12.2. The number of rotatable bonds is 5. The van der Waals surface area contributed by atoms with Gasteiger partial charge in [0.2, 0.25) is 11.5 Å². The Morgan fingerprint density at radius 3 is 2.71 bits per heavy atom. The van der Waals surface area contributed by atoms with Crippen LogP contribution in [0.15, 0.2) is 65.7 Å². The summed E-state index contributed by atoms with van der Waals surface area (Å²) in [5.74, 6) is 0.411. The number of nitrogens with zero attached hydrogens (tertiary/aromatic N) is 3. The van der Waals surface area contributed by atoms with E-state index in [4.69, 9.17) is 4.42 Å². The standard InChI is InChI=1S/C16H12N3O4.BrH/c20-15(12-3-1-4-13(9-12)19(21)22)10-18-7-6-14(17-11-18)16-5-2-8-23-16;/h1-9,11H,10H2;1H/q+1;/p-1. The summed E-state index contributed by atoms with van der Waals surface area (Å²) in [7, 11) is 0. The van der Waals surface area contributed by atoms with Crippen LogP contribution in [-0.2, 0) is 6.54 Å². The fourth-order valence-corrected chi connectivity index (χ4v) is 2.10. The summed E-state index contributed by atoms with van der Waals surface area (Å²) in [6, 6.07) is 11.0. The van der Waals surface area contributed by atoms with E-state index >= 15 is 0 Å². The molecule has 0 aliphatic carbocycles. The van der Waals surface area contributed by atoms with Gasteiger partial charge in [0.15, 0.2) is 12.3 Å². The van der Waals surface area contributed by atoms with Gasteiger partial charge >= 0.3 is 0 Å². The first-order valence-corrected chi connectivity index (χ1v) is 6.80. The molecule has 2 heterocycles. The zero-order chi connectivity index (χ0) is 16.2. The van der Waals surface area contributed by atoms with Crippen molar-refractivity contribution in [2.24, 2.45) is 0 Å². The number of aromatic nitrogens is 2. The number of carbonyl (C=O) groups excluding carboxylic acids is 1. The predicted molar refractivity (Wildman–Crippen MR) is 79.6 cm³/mol. The second kappa shape index (κ2) is 7.60. The summed E-state index contributed by atoms with van der Waals surface area (Å²) in [5.41, 5.74) is 0.850. The van der Waals surface area contributed by atoms with Gasteiger partial charge in [-0.25, -0.2) is 4.57 Å². The van der Waals surface area contributed by atoms with Gasteiger partial charge in [0.05, 0.1) is 17.4 Å². The largest absolute Gasteiger partial charge is 1.00 e. The van der Waals surface area contributed by atoms with E-state index < -0.39 is 4.92 Å². The number of hydrogen-bond donors (Lipinski definition) is 0. The first-order chi connectivity index (χ1) is 11.1. The Morgan fingerprint density at radius 1 is 1.25 bits per heavy atom. The molecule has 2 aromatic heterocycles. The molecule has 0 N–H and O–H groups in total. The van der Waals surface area contributed by atoms with Gasteiger partial charge in [-0.15, -0.1) is 0 Å². The molecule has 0 amide bonds. The van der Waals surface area contributed by atoms with E-state index in [1.54, 1.807) is 41.3 Å². The molecule has 7 nitrogen and oxygen atoms in total.